The lowest BCUT2D eigenvalue weighted by molar-refractivity contribution is -0.122. The minimum atomic E-state index is -0.152. The van der Waals surface area contributed by atoms with E-state index in [0.717, 1.165) is 16.9 Å². The molecule has 0 bridgehead atoms. The number of nitrogens with zero attached hydrogens (tertiary/aromatic N) is 2. The van der Waals surface area contributed by atoms with Crippen molar-refractivity contribution in [3.63, 3.8) is 0 Å². The Bertz CT molecular complexity index is 955. The summed E-state index contributed by atoms with van der Waals surface area (Å²) in [4.78, 5) is 32.0. The van der Waals surface area contributed by atoms with Gasteiger partial charge in [-0.3, -0.25) is 14.6 Å². The largest absolute Gasteiger partial charge is 0.497 e. The third-order valence-electron chi connectivity index (χ3n) is 4.41. The lowest BCUT2D eigenvalue weighted by Crippen LogP contribution is -2.30. The Morgan fingerprint density at radius 1 is 1.00 bits per heavy atom. The van der Waals surface area contributed by atoms with Gasteiger partial charge in [-0.1, -0.05) is 0 Å². The Labute approximate surface area is 174 Å². The number of methoxy groups -OCH3 is 1. The molecule has 3 rings (SSSR count). The molecule has 2 amide bonds. The molecule has 0 spiro atoms. The highest BCUT2D eigenvalue weighted by Crippen LogP contribution is 2.23. The second-order valence-electron chi connectivity index (χ2n) is 6.58. The maximum atomic E-state index is 12.0. The van der Waals surface area contributed by atoms with E-state index in [1.54, 1.807) is 25.7 Å². The van der Waals surface area contributed by atoms with Crippen LogP contribution in [-0.2, 0) is 22.6 Å². The number of nitrogens with one attached hydrogen (secondary N) is 2. The third-order valence-corrected chi connectivity index (χ3v) is 4.41. The van der Waals surface area contributed by atoms with Crippen LogP contribution in [0.4, 0.5) is 0 Å². The van der Waals surface area contributed by atoms with E-state index in [1.165, 1.54) is 0 Å². The molecule has 0 saturated carbocycles. The van der Waals surface area contributed by atoms with Gasteiger partial charge in [0, 0.05) is 50.3 Å². The third kappa shape index (κ3) is 6.44. The molecule has 1 aromatic carbocycles. The Balaban J connectivity index is 1.34. The fraction of sp³-hybridized carbons (Fsp3) is 0.273. The van der Waals surface area contributed by atoms with Gasteiger partial charge in [0.05, 0.1) is 13.3 Å². The molecule has 0 atom stereocenters. The van der Waals surface area contributed by atoms with Gasteiger partial charge in [-0.25, -0.2) is 4.98 Å². The van der Waals surface area contributed by atoms with Crippen LogP contribution in [0.15, 0.2) is 59.4 Å². The monoisotopic (exact) mass is 408 g/mol. The topological polar surface area (TPSA) is 106 Å². The molecule has 30 heavy (non-hydrogen) atoms. The van der Waals surface area contributed by atoms with Gasteiger partial charge < -0.3 is 19.8 Å². The summed E-state index contributed by atoms with van der Waals surface area (Å²) in [5, 5.41) is 5.55. The summed E-state index contributed by atoms with van der Waals surface area (Å²) in [5.74, 6) is 1.62. The molecule has 3 aromatic rings. The normalized spacial score (nSPS) is 10.4. The van der Waals surface area contributed by atoms with Crippen LogP contribution in [0.1, 0.15) is 24.3 Å². The molecule has 2 N–H and O–H groups in total. The standard InChI is InChI=1S/C22H24N4O4/c1-29-18-4-2-17(3-5-18)19-15-26-22(30-19)7-6-20(27)24-13-10-21(28)25-14-16-8-11-23-12-9-16/h2-5,8-9,11-12,15H,6-7,10,13-14H2,1H3,(H,24,27)(H,25,28). The summed E-state index contributed by atoms with van der Waals surface area (Å²) >= 11 is 0. The first-order valence-electron chi connectivity index (χ1n) is 9.65. The first-order valence-corrected chi connectivity index (χ1v) is 9.65. The van der Waals surface area contributed by atoms with E-state index < -0.39 is 0 Å². The molecule has 0 fully saturated rings. The van der Waals surface area contributed by atoms with E-state index in [4.69, 9.17) is 9.15 Å². The molecule has 2 heterocycles. The number of oxazole rings is 1. The fourth-order valence-electron chi connectivity index (χ4n) is 2.73. The van der Waals surface area contributed by atoms with E-state index >= 15 is 0 Å². The van der Waals surface area contributed by atoms with E-state index in [1.807, 2.05) is 36.4 Å². The van der Waals surface area contributed by atoms with Crippen LogP contribution in [0, 0.1) is 0 Å². The van der Waals surface area contributed by atoms with Gasteiger partial charge in [0.2, 0.25) is 11.8 Å². The molecule has 2 aromatic heterocycles. The highest BCUT2D eigenvalue weighted by molar-refractivity contribution is 5.79. The van der Waals surface area contributed by atoms with Crippen LogP contribution in [0.3, 0.4) is 0 Å². The molecule has 0 aliphatic carbocycles. The van der Waals surface area contributed by atoms with E-state index in [0.29, 0.717) is 24.6 Å². The molecule has 0 unspecified atom stereocenters. The number of pyridine rings is 1. The molecule has 0 aliphatic rings. The summed E-state index contributed by atoms with van der Waals surface area (Å²) < 4.78 is 10.8. The second kappa shape index (κ2) is 10.8. The van der Waals surface area contributed by atoms with Crippen LogP contribution in [0.2, 0.25) is 0 Å². The predicted molar refractivity (Wildman–Crippen MR) is 111 cm³/mol. The van der Waals surface area contributed by atoms with E-state index in [2.05, 4.69) is 20.6 Å². The van der Waals surface area contributed by atoms with Crippen LogP contribution in [-0.4, -0.2) is 35.4 Å². The number of hydrogen-bond donors (Lipinski definition) is 2. The molecule has 0 saturated heterocycles. The average molecular weight is 408 g/mol. The number of ether oxygens (including phenoxy) is 1. The smallest absolute Gasteiger partial charge is 0.222 e. The Morgan fingerprint density at radius 2 is 1.73 bits per heavy atom. The molecular formula is C22H24N4O4. The first kappa shape index (κ1) is 21.0. The number of benzene rings is 1. The van der Waals surface area contributed by atoms with Crippen molar-refractivity contribution in [2.45, 2.75) is 25.8 Å². The van der Waals surface area contributed by atoms with Crippen LogP contribution in [0.25, 0.3) is 11.3 Å². The number of aromatic nitrogens is 2. The molecule has 156 valence electrons. The summed E-state index contributed by atoms with van der Waals surface area (Å²) in [7, 11) is 1.61. The van der Waals surface area contributed by atoms with Crippen LogP contribution >= 0.6 is 0 Å². The second-order valence-corrected chi connectivity index (χ2v) is 6.58. The molecule has 8 nitrogen and oxygen atoms in total. The van der Waals surface area contributed by atoms with Crippen molar-refractivity contribution in [2.24, 2.45) is 0 Å². The zero-order chi connectivity index (χ0) is 21.2. The number of carbonyl (C=O) groups is 2. The van der Waals surface area contributed by atoms with Crippen molar-refractivity contribution in [2.75, 3.05) is 13.7 Å². The van der Waals surface area contributed by atoms with Crippen molar-refractivity contribution in [3.05, 3.63) is 66.4 Å². The van der Waals surface area contributed by atoms with Gasteiger partial charge in [-0.15, -0.1) is 0 Å². The number of carbonyl (C=O) groups excluding carboxylic acids is 2. The quantitative estimate of drug-likeness (QED) is 0.534. The summed E-state index contributed by atoms with van der Waals surface area (Å²) in [6.45, 7) is 0.722. The SMILES string of the molecule is COc1ccc(-c2cnc(CCC(=O)NCCC(=O)NCc3ccncc3)o2)cc1. The summed E-state index contributed by atoms with van der Waals surface area (Å²) in [6, 6.07) is 11.1. The Hall–Kier alpha value is -3.68. The van der Waals surface area contributed by atoms with Gasteiger partial charge in [-0.2, -0.15) is 0 Å². The highest BCUT2D eigenvalue weighted by atomic mass is 16.5. The number of aryl methyl sites for hydroxylation is 1. The molecule has 0 aliphatic heterocycles. The minimum Gasteiger partial charge on any atom is -0.497 e. The lowest BCUT2D eigenvalue weighted by atomic mass is 10.2. The molecular weight excluding hydrogens is 384 g/mol. The van der Waals surface area contributed by atoms with Gasteiger partial charge in [0.15, 0.2) is 11.7 Å². The number of hydrogen-bond acceptors (Lipinski definition) is 6. The first-order chi connectivity index (χ1) is 14.6. The van der Waals surface area contributed by atoms with E-state index in [9.17, 15) is 9.59 Å². The molecule has 0 radical (unpaired) electrons. The summed E-state index contributed by atoms with van der Waals surface area (Å²) in [6.07, 6.45) is 5.84. The van der Waals surface area contributed by atoms with Crippen LogP contribution < -0.4 is 15.4 Å². The molecule has 8 heteroatoms. The van der Waals surface area contributed by atoms with Crippen molar-refractivity contribution >= 4 is 11.8 Å². The predicted octanol–water partition coefficient (Wildman–Crippen LogP) is 2.50. The Morgan fingerprint density at radius 3 is 2.47 bits per heavy atom. The number of amides is 2. The van der Waals surface area contributed by atoms with Gasteiger partial charge in [-0.05, 0) is 42.0 Å². The summed E-state index contributed by atoms with van der Waals surface area (Å²) in [5.41, 5.74) is 1.86. The van der Waals surface area contributed by atoms with Crippen molar-refractivity contribution in [3.8, 4) is 17.1 Å². The Kier molecular flexibility index (Phi) is 7.54. The van der Waals surface area contributed by atoms with Gasteiger partial charge in [0.25, 0.3) is 0 Å². The minimum absolute atomic E-state index is 0.121. The van der Waals surface area contributed by atoms with Crippen LogP contribution in [0.5, 0.6) is 5.75 Å². The number of rotatable bonds is 10. The zero-order valence-corrected chi connectivity index (χ0v) is 16.8. The van der Waals surface area contributed by atoms with Crippen molar-refractivity contribution in [1.29, 1.82) is 0 Å². The van der Waals surface area contributed by atoms with E-state index in [-0.39, 0.29) is 31.2 Å². The fourth-order valence-corrected chi connectivity index (χ4v) is 2.73. The maximum absolute atomic E-state index is 12.0. The van der Waals surface area contributed by atoms with Crippen molar-refractivity contribution in [1.82, 2.24) is 20.6 Å². The zero-order valence-electron chi connectivity index (χ0n) is 16.8. The van der Waals surface area contributed by atoms with Crippen molar-refractivity contribution < 1.29 is 18.7 Å². The highest BCUT2D eigenvalue weighted by Gasteiger charge is 2.10. The van der Waals surface area contributed by atoms with Gasteiger partial charge in [0.1, 0.15) is 5.75 Å². The maximum Gasteiger partial charge on any atom is 0.222 e. The van der Waals surface area contributed by atoms with Gasteiger partial charge >= 0.3 is 0 Å². The average Bonchev–Trinajstić information content (AvgIpc) is 3.26. The lowest BCUT2D eigenvalue weighted by Gasteiger charge is -2.06.